The van der Waals surface area contributed by atoms with Gasteiger partial charge in [0.05, 0.1) is 43.1 Å². The van der Waals surface area contributed by atoms with Gasteiger partial charge in [0.2, 0.25) is 10.0 Å². The number of hydrogen-bond acceptors (Lipinski definition) is 7. The van der Waals surface area contributed by atoms with Gasteiger partial charge >= 0.3 is 0 Å². The minimum Gasteiger partial charge on any atom is -0.492 e. The fourth-order valence-electron chi connectivity index (χ4n) is 3.32. The molecule has 2 atom stereocenters. The van der Waals surface area contributed by atoms with E-state index >= 15 is 0 Å². The lowest BCUT2D eigenvalue weighted by Crippen LogP contribution is -2.40. The molecule has 1 aromatic carbocycles. The van der Waals surface area contributed by atoms with Gasteiger partial charge in [-0.15, -0.1) is 0 Å². The fourth-order valence-corrected chi connectivity index (χ4v) is 4.76. The first kappa shape index (κ1) is 23.0. The second-order valence-electron chi connectivity index (χ2n) is 7.21. The minimum atomic E-state index is -3.69. The molecule has 2 aliphatic heterocycles. The van der Waals surface area contributed by atoms with Crippen LogP contribution in [-0.4, -0.2) is 77.0 Å². The molecule has 1 amide bonds. The molecule has 0 aliphatic carbocycles. The molecule has 2 aliphatic rings. The Kier molecular flexibility index (Phi) is 8.06. The molecule has 0 saturated carbocycles. The van der Waals surface area contributed by atoms with E-state index in [1.165, 1.54) is 16.4 Å². The Morgan fingerprint density at radius 1 is 1.30 bits per heavy atom. The second kappa shape index (κ2) is 10.5. The Morgan fingerprint density at radius 3 is 2.73 bits per heavy atom. The summed E-state index contributed by atoms with van der Waals surface area (Å²) >= 11 is 0. The van der Waals surface area contributed by atoms with Crippen LogP contribution in [0.3, 0.4) is 0 Å². The van der Waals surface area contributed by atoms with Crippen LogP contribution < -0.4 is 10.1 Å². The van der Waals surface area contributed by atoms with Crippen LogP contribution in [-0.2, 0) is 29.0 Å². The van der Waals surface area contributed by atoms with Gasteiger partial charge in [-0.3, -0.25) is 4.79 Å². The number of rotatable bonds is 9. The average molecular weight is 443 g/mol. The lowest BCUT2D eigenvalue weighted by atomic mass is 10.2. The van der Waals surface area contributed by atoms with Gasteiger partial charge in [0.25, 0.3) is 5.91 Å². The summed E-state index contributed by atoms with van der Waals surface area (Å²) < 4.78 is 49.2. The number of ether oxygens (including phenoxy) is 4. The smallest absolute Gasteiger partial charge is 0.253 e. The maximum Gasteiger partial charge on any atom is 0.253 e. The topological polar surface area (TPSA) is 103 Å². The van der Waals surface area contributed by atoms with E-state index in [0.717, 1.165) is 19.4 Å². The number of nitrogens with one attached hydrogen (secondary N) is 1. The summed E-state index contributed by atoms with van der Waals surface area (Å²) in [5, 5.41) is 2.75. The van der Waals surface area contributed by atoms with Crippen molar-refractivity contribution in [1.82, 2.24) is 4.31 Å². The van der Waals surface area contributed by atoms with Crippen LogP contribution in [0.5, 0.6) is 5.75 Å². The number of benzene rings is 1. The van der Waals surface area contributed by atoms with Crippen LogP contribution in [0.4, 0.5) is 5.69 Å². The van der Waals surface area contributed by atoms with Gasteiger partial charge in [-0.2, -0.15) is 4.31 Å². The average Bonchev–Trinajstić information content (AvgIpc) is 3.27. The summed E-state index contributed by atoms with van der Waals surface area (Å²) in [5.41, 5.74) is 0.295. The molecule has 2 unspecified atom stereocenters. The van der Waals surface area contributed by atoms with Gasteiger partial charge in [0, 0.05) is 19.7 Å². The molecule has 10 heteroatoms. The number of hydrogen-bond donors (Lipinski definition) is 1. The molecule has 2 fully saturated rings. The van der Waals surface area contributed by atoms with Crippen LogP contribution in [0.25, 0.3) is 0 Å². The van der Waals surface area contributed by atoms with Crippen molar-refractivity contribution in [3.8, 4) is 5.75 Å². The number of morpholine rings is 1. The molecule has 30 heavy (non-hydrogen) atoms. The predicted octanol–water partition coefficient (Wildman–Crippen LogP) is 1.63. The van der Waals surface area contributed by atoms with Gasteiger partial charge < -0.3 is 24.3 Å². The van der Waals surface area contributed by atoms with Crippen molar-refractivity contribution < 1.29 is 32.2 Å². The molecular formula is C20H30N2O7S. The van der Waals surface area contributed by atoms with Crippen LogP contribution >= 0.6 is 0 Å². The molecular weight excluding hydrogens is 412 g/mol. The highest BCUT2D eigenvalue weighted by Gasteiger charge is 2.28. The lowest BCUT2D eigenvalue weighted by molar-refractivity contribution is -0.128. The second-order valence-corrected chi connectivity index (χ2v) is 9.15. The predicted molar refractivity (Wildman–Crippen MR) is 110 cm³/mol. The van der Waals surface area contributed by atoms with Crippen molar-refractivity contribution >= 4 is 21.6 Å². The van der Waals surface area contributed by atoms with Gasteiger partial charge in [-0.05, 0) is 44.9 Å². The third-order valence-electron chi connectivity index (χ3n) is 5.04. The third-order valence-corrected chi connectivity index (χ3v) is 6.94. The molecule has 3 rings (SSSR count). The summed E-state index contributed by atoms with van der Waals surface area (Å²) in [6.07, 6.45) is 1.21. The van der Waals surface area contributed by atoms with Crippen molar-refractivity contribution in [3.63, 3.8) is 0 Å². The Labute approximate surface area is 177 Å². The van der Waals surface area contributed by atoms with Crippen LogP contribution in [0, 0.1) is 0 Å². The highest BCUT2D eigenvalue weighted by Crippen LogP contribution is 2.30. The van der Waals surface area contributed by atoms with Gasteiger partial charge in [-0.25, -0.2) is 8.42 Å². The van der Waals surface area contributed by atoms with E-state index in [9.17, 15) is 13.2 Å². The van der Waals surface area contributed by atoms with E-state index in [2.05, 4.69) is 5.32 Å². The van der Waals surface area contributed by atoms with E-state index in [1.807, 2.05) is 6.92 Å². The number of anilines is 1. The zero-order valence-electron chi connectivity index (χ0n) is 17.5. The monoisotopic (exact) mass is 442 g/mol. The number of amides is 1. The largest absolute Gasteiger partial charge is 0.492 e. The molecule has 0 spiro atoms. The van der Waals surface area contributed by atoms with Crippen molar-refractivity contribution in [3.05, 3.63) is 18.2 Å². The normalized spacial score (nSPS) is 21.3. The summed E-state index contributed by atoms with van der Waals surface area (Å²) in [7, 11) is -3.69. The Bertz CT molecular complexity index is 818. The minimum absolute atomic E-state index is 0.0150. The third kappa shape index (κ3) is 5.70. The first-order valence-electron chi connectivity index (χ1n) is 10.3. The zero-order valence-corrected chi connectivity index (χ0v) is 18.3. The summed E-state index contributed by atoms with van der Waals surface area (Å²) in [6.45, 7) is 6.23. The first-order valence-corrected chi connectivity index (χ1v) is 11.7. The summed E-state index contributed by atoms with van der Waals surface area (Å²) in [6, 6.07) is 4.48. The highest BCUT2D eigenvalue weighted by atomic mass is 32.2. The van der Waals surface area contributed by atoms with E-state index in [-0.39, 0.29) is 16.9 Å². The molecule has 2 saturated heterocycles. The fraction of sp³-hybridized carbons (Fsp3) is 0.650. The lowest BCUT2D eigenvalue weighted by Gasteiger charge is -2.26. The number of nitrogens with zero attached hydrogens (tertiary/aromatic N) is 1. The zero-order chi connectivity index (χ0) is 21.6. The molecule has 1 N–H and O–H groups in total. The maximum absolute atomic E-state index is 13.0. The van der Waals surface area contributed by atoms with Crippen molar-refractivity contribution in [2.45, 2.75) is 43.8 Å². The Balaban J connectivity index is 1.72. The van der Waals surface area contributed by atoms with Crippen LogP contribution in [0.1, 0.15) is 26.7 Å². The van der Waals surface area contributed by atoms with Gasteiger partial charge in [-0.1, -0.05) is 0 Å². The number of carbonyl (C=O) groups excluding carboxylic acids is 1. The van der Waals surface area contributed by atoms with E-state index < -0.39 is 16.1 Å². The molecule has 9 nitrogen and oxygen atoms in total. The molecule has 0 bridgehead atoms. The number of carbonyl (C=O) groups is 1. The van der Waals surface area contributed by atoms with E-state index in [4.69, 9.17) is 18.9 Å². The highest BCUT2D eigenvalue weighted by molar-refractivity contribution is 7.89. The van der Waals surface area contributed by atoms with Crippen LogP contribution in [0.2, 0.25) is 0 Å². The number of sulfonamides is 1. The summed E-state index contributed by atoms with van der Waals surface area (Å²) in [5.74, 6) is 0.0213. The van der Waals surface area contributed by atoms with Crippen molar-refractivity contribution in [2.24, 2.45) is 0 Å². The van der Waals surface area contributed by atoms with E-state index in [0.29, 0.717) is 51.0 Å². The molecule has 168 valence electrons. The quantitative estimate of drug-likeness (QED) is 0.620. The van der Waals surface area contributed by atoms with Crippen LogP contribution in [0.15, 0.2) is 23.1 Å². The molecule has 0 radical (unpaired) electrons. The van der Waals surface area contributed by atoms with Gasteiger partial charge in [0.1, 0.15) is 11.9 Å². The van der Waals surface area contributed by atoms with Crippen molar-refractivity contribution in [2.75, 3.05) is 51.4 Å². The summed E-state index contributed by atoms with van der Waals surface area (Å²) in [4.78, 5) is 12.7. The maximum atomic E-state index is 13.0. The molecule has 1 aromatic rings. The first-order chi connectivity index (χ1) is 14.4. The SMILES string of the molecule is CCOc1ccc(S(=O)(=O)N2CCOCC2)cc1NC(=O)C(C)OCC1CCCO1. The Morgan fingerprint density at radius 2 is 2.07 bits per heavy atom. The molecule has 0 aromatic heterocycles. The molecule has 2 heterocycles. The van der Waals surface area contributed by atoms with Crippen molar-refractivity contribution in [1.29, 1.82) is 0 Å². The standard InChI is InChI=1S/C20H30N2O7S/c1-3-27-19-7-6-17(30(24,25)22-8-11-26-12-9-22)13-18(19)21-20(23)15(2)29-14-16-5-4-10-28-16/h6-7,13,15-16H,3-5,8-12,14H2,1-2H3,(H,21,23). The van der Waals surface area contributed by atoms with Gasteiger partial charge in [0.15, 0.2) is 0 Å². The Hall–Kier alpha value is -1.72. The van der Waals surface area contributed by atoms with E-state index in [1.54, 1.807) is 13.0 Å².